The predicted octanol–water partition coefficient (Wildman–Crippen LogP) is 2.73. The minimum Gasteiger partial charge on any atom is -0.448 e. The van der Waals surface area contributed by atoms with Crippen molar-refractivity contribution in [2.75, 3.05) is 0 Å². The fraction of sp³-hybridized carbons (Fsp3) is 0.0909. The molecule has 76 valence electrons. The Morgan fingerprint density at radius 2 is 2.33 bits per heavy atom. The average molecular weight is 222 g/mol. The van der Waals surface area contributed by atoms with Gasteiger partial charge in [0.1, 0.15) is 12.0 Å². The van der Waals surface area contributed by atoms with Crippen LogP contribution in [0.1, 0.15) is 21.9 Å². The number of rotatable bonds is 3. The number of carbonyl (C=O) groups excluding carboxylic acids is 1. The van der Waals surface area contributed by atoms with Gasteiger partial charge in [-0.2, -0.15) is 0 Å². The number of hydrogen-bond donors (Lipinski definition) is 0. The normalized spacial score (nSPS) is 10.2. The van der Waals surface area contributed by atoms with E-state index in [-0.39, 0.29) is 0 Å². The lowest BCUT2D eigenvalue weighted by molar-refractivity contribution is 0.111. The van der Waals surface area contributed by atoms with Crippen molar-refractivity contribution in [2.45, 2.75) is 6.42 Å². The maximum absolute atomic E-state index is 10.4. The van der Waals surface area contributed by atoms with E-state index in [0.29, 0.717) is 29.3 Å². The van der Waals surface area contributed by atoms with E-state index in [1.165, 1.54) is 6.26 Å². The number of aldehydes is 1. The number of aromatic nitrogens is 1. The summed E-state index contributed by atoms with van der Waals surface area (Å²) in [6, 6.07) is 7.43. The molecule has 2 rings (SSSR count). The number of halogens is 1. The van der Waals surface area contributed by atoms with Crippen molar-refractivity contribution in [3.8, 4) is 0 Å². The molecule has 0 amide bonds. The Kier molecular flexibility index (Phi) is 2.83. The van der Waals surface area contributed by atoms with Gasteiger partial charge in [0.15, 0.2) is 12.2 Å². The Labute approximate surface area is 91.7 Å². The van der Waals surface area contributed by atoms with Crippen molar-refractivity contribution in [1.82, 2.24) is 4.98 Å². The average Bonchev–Trinajstić information content (AvgIpc) is 2.65. The lowest BCUT2D eigenvalue weighted by Gasteiger charge is -1.97. The van der Waals surface area contributed by atoms with Gasteiger partial charge in [-0.05, 0) is 17.7 Å². The minimum atomic E-state index is 0.312. The quantitative estimate of drug-likeness (QED) is 0.749. The Morgan fingerprint density at radius 3 is 3.00 bits per heavy atom. The molecule has 0 aliphatic rings. The molecule has 3 nitrogen and oxygen atoms in total. The van der Waals surface area contributed by atoms with Crippen molar-refractivity contribution in [1.29, 1.82) is 0 Å². The van der Waals surface area contributed by atoms with Crippen LogP contribution in [0.5, 0.6) is 0 Å². The summed E-state index contributed by atoms with van der Waals surface area (Å²) in [7, 11) is 0. The fourth-order valence-electron chi connectivity index (χ4n) is 1.28. The summed E-state index contributed by atoms with van der Waals surface area (Å²) >= 11 is 5.84. The zero-order chi connectivity index (χ0) is 10.7. The van der Waals surface area contributed by atoms with E-state index in [1.807, 2.05) is 18.2 Å². The van der Waals surface area contributed by atoms with Crippen molar-refractivity contribution in [3.63, 3.8) is 0 Å². The van der Waals surface area contributed by atoms with Crippen LogP contribution in [0.2, 0.25) is 5.02 Å². The third kappa shape index (κ3) is 2.44. The lowest BCUT2D eigenvalue weighted by Crippen LogP contribution is -1.88. The zero-order valence-corrected chi connectivity index (χ0v) is 8.57. The van der Waals surface area contributed by atoms with Gasteiger partial charge in [-0.15, -0.1) is 0 Å². The molecule has 1 heterocycles. The number of nitrogens with zero attached hydrogens (tertiary/aromatic N) is 1. The van der Waals surface area contributed by atoms with Gasteiger partial charge in [0.25, 0.3) is 0 Å². The van der Waals surface area contributed by atoms with Crippen LogP contribution in [-0.2, 0) is 6.42 Å². The van der Waals surface area contributed by atoms with Crippen LogP contribution in [0.15, 0.2) is 34.9 Å². The van der Waals surface area contributed by atoms with Crippen molar-refractivity contribution in [3.05, 3.63) is 52.7 Å². The molecule has 0 radical (unpaired) electrons. The van der Waals surface area contributed by atoms with E-state index in [1.54, 1.807) is 6.07 Å². The lowest BCUT2D eigenvalue weighted by atomic mass is 10.1. The maximum atomic E-state index is 10.4. The standard InChI is InChI=1S/C11H8ClNO2/c12-9-3-1-2-8(4-9)5-11-13-10(6-14)7-15-11/h1-4,6-7H,5H2. The largest absolute Gasteiger partial charge is 0.448 e. The van der Waals surface area contributed by atoms with E-state index in [2.05, 4.69) is 4.98 Å². The van der Waals surface area contributed by atoms with Gasteiger partial charge in [-0.3, -0.25) is 4.79 Å². The first-order valence-electron chi connectivity index (χ1n) is 4.42. The van der Waals surface area contributed by atoms with Gasteiger partial charge in [-0.25, -0.2) is 4.98 Å². The summed E-state index contributed by atoms with van der Waals surface area (Å²) in [5, 5.41) is 0.676. The third-order valence-corrected chi connectivity index (χ3v) is 2.17. The number of carbonyl (C=O) groups is 1. The van der Waals surface area contributed by atoms with Gasteiger partial charge in [0.2, 0.25) is 0 Å². The molecule has 1 aromatic heterocycles. The fourth-order valence-corrected chi connectivity index (χ4v) is 1.49. The van der Waals surface area contributed by atoms with E-state index in [4.69, 9.17) is 16.0 Å². The second kappa shape index (κ2) is 4.28. The molecule has 0 saturated heterocycles. The van der Waals surface area contributed by atoms with Crippen LogP contribution < -0.4 is 0 Å². The number of hydrogen-bond acceptors (Lipinski definition) is 3. The van der Waals surface area contributed by atoms with E-state index in [9.17, 15) is 4.79 Å². The molecule has 0 aliphatic carbocycles. The molecule has 0 atom stereocenters. The molecule has 0 bridgehead atoms. The second-order valence-electron chi connectivity index (χ2n) is 3.09. The van der Waals surface area contributed by atoms with Crippen molar-refractivity contribution >= 4 is 17.9 Å². The predicted molar refractivity (Wildman–Crippen MR) is 56.1 cm³/mol. The summed E-state index contributed by atoms with van der Waals surface area (Å²) < 4.78 is 5.11. The van der Waals surface area contributed by atoms with Crippen LogP contribution in [0.4, 0.5) is 0 Å². The molecule has 0 unspecified atom stereocenters. The summed E-state index contributed by atoms with van der Waals surface area (Å²) in [5.74, 6) is 0.513. The molecular formula is C11H8ClNO2. The van der Waals surface area contributed by atoms with Gasteiger partial charge in [0, 0.05) is 11.4 Å². The Balaban J connectivity index is 2.18. The Hall–Kier alpha value is -1.61. The zero-order valence-electron chi connectivity index (χ0n) is 7.81. The second-order valence-corrected chi connectivity index (χ2v) is 3.53. The summed E-state index contributed by atoms with van der Waals surface area (Å²) in [5.41, 5.74) is 1.31. The Bertz CT molecular complexity index is 479. The monoisotopic (exact) mass is 221 g/mol. The van der Waals surface area contributed by atoms with Gasteiger partial charge in [-0.1, -0.05) is 23.7 Å². The van der Waals surface area contributed by atoms with Gasteiger partial charge in [0.05, 0.1) is 0 Å². The molecule has 0 N–H and O–H groups in total. The van der Waals surface area contributed by atoms with Crippen molar-refractivity contribution in [2.24, 2.45) is 0 Å². The molecule has 0 aliphatic heterocycles. The highest BCUT2D eigenvalue weighted by molar-refractivity contribution is 6.30. The van der Waals surface area contributed by atoms with E-state index < -0.39 is 0 Å². The van der Waals surface area contributed by atoms with E-state index in [0.717, 1.165) is 5.56 Å². The molecule has 0 fully saturated rings. The molecule has 2 aromatic rings. The smallest absolute Gasteiger partial charge is 0.199 e. The molecule has 15 heavy (non-hydrogen) atoms. The Morgan fingerprint density at radius 1 is 1.47 bits per heavy atom. The van der Waals surface area contributed by atoms with Gasteiger partial charge < -0.3 is 4.42 Å². The number of benzene rings is 1. The third-order valence-electron chi connectivity index (χ3n) is 1.93. The highest BCUT2D eigenvalue weighted by atomic mass is 35.5. The summed E-state index contributed by atoms with van der Waals surface area (Å²) in [6.45, 7) is 0. The summed E-state index contributed by atoms with van der Waals surface area (Å²) in [4.78, 5) is 14.4. The van der Waals surface area contributed by atoms with E-state index >= 15 is 0 Å². The molecule has 4 heteroatoms. The van der Waals surface area contributed by atoms with Crippen molar-refractivity contribution < 1.29 is 9.21 Å². The highest BCUT2D eigenvalue weighted by Gasteiger charge is 2.04. The summed E-state index contributed by atoms with van der Waals surface area (Å²) in [6.07, 6.45) is 2.53. The van der Waals surface area contributed by atoms with Gasteiger partial charge >= 0.3 is 0 Å². The van der Waals surface area contributed by atoms with Crippen LogP contribution in [0.25, 0.3) is 0 Å². The molecular weight excluding hydrogens is 214 g/mol. The van der Waals surface area contributed by atoms with Crippen LogP contribution in [0, 0.1) is 0 Å². The molecule has 0 saturated carbocycles. The maximum Gasteiger partial charge on any atom is 0.199 e. The SMILES string of the molecule is O=Cc1coc(Cc2cccc(Cl)c2)n1. The first-order chi connectivity index (χ1) is 7.28. The van der Waals surface area contributed by atoms with Crippen LogP contribution >= 0.6 is 11.6 Å². The number of oxazole rings is 1. The highest BCUT2D eigenvalue weighted by Crippen LogP contribution is 2.14. The molecule has 0 spiro atoms. The van der Waals surface area contributed by atoms with Crippen LogP contribution in [-0.4, -0.2) is 11.3 Å². The first kappa shape index (κ1) is 9.93. The topological polar surface area (TPSA) is 43.1 Å². The van der Waals surface area contributed by atoms with Crippen LogP contribution in [0.3, 0.4) is 0 Å². The minimum absolute atomic E-state index is 0.312. The molecule has 1 aromatic carbocycles. The first-order valence-corrected chi connectivity index (χ1v) is 4.80.